The average molecular weight is 350 g/mol. The molecular formula is C16H13F3N4O2. The number of hydrogen-bond donors (Lipinski definition) is 1. The van der Waals surface area contributed by atoms with Crippen molar-refractivity contribution < 1.29 is 22.3 Å². The zero-order valence-corrected chi connectivity index (χ0v) is 13.1. The summed E-state index contributed by atoms with van der Waals surface area (Å²) >= 11 is 0. The second-order valence-electron chi connectivity index (χ2n) is 5.84. The fourth-order valence-corrected chi connectivity index (χ4v) is 2.55. The van der Waals surface area contributed by atoms with Gasteiger partial charge in [0.1, 0.15) is 22.9 Å². The maximum Gasteiger partial charge on any atom is 0.573 e. The van der Waals surface area contributed by atoms with Crippen LogP contribution in [0.15, 0.2) is 28.7 Å². The SMILES string of the molecule is Cc1n[nH]nc1-c1nc(-c2ccc(OC(F)(F)F)cc2)oc1C1CC1. The lowest BCUT2D eigenvalue weighted by atomic mass is 10.2. The van der Waals surface area contributed by atoms with E-state index in [0.29, 0.717) is 34.5 Å². The molecule has 6 nitrogen and oxygen atoms in total. The average Bonchev–Trinajstić information content (AvgIpc) is 3.16. The second-order valence-corrected chi connectivity index (χ2v) is 5.84. The van der Waals surface area contributed by atoms with E-state index in [4.69, 9.17) is 4.42 Å². The number of hydrogen-bond acceptors (Lipinski definition) is 5. The van der Waals surface area contributed by atoms with E-state index in [-0.39, 0.29) is 5.75 Å². The van der Waals surface area contributed by atoms with Crippen LogP contribution in [0.3, 0.4) is 0 Å². The molecular weight excluding hydrogens is 337 g/mol. The minimum atomic E-state index is -4.72. The van der Waals surface area contributed by atoms with E-state index in [2.05, 4.69) is 25.1 Å². The summed E-state index contributed by atoms with van der Waals surface area (Å²) in [6.07, 6.45) is -2.70. The number of aryl methyl sites for hydroxylation is 1. The normalized spacial score (nSPS) is 14.7. The van der Waals surface area contributed by atoms with Crippen molar-refractivity contribution in [1.82, 2.24) is 20.4 Å². The molecule has 0 aliphatic heterocycles. The van der Waals surface area contributed by atoms with Crippen LogP contribution in [0.25, 0.3) is 22.8 Å². The molecule has 1 aromatic carbocycles. The summed E-state index contributed by atoms with van der Waals surface area (Å²) in [5.41, 5.74) is 2.51. The Morgan fingerprint density at radius 2 is 1.84 bits per heavy atom. The first-order chi connectivity index (χ1) is 11.9. The monoisotopic (exact) mass is 350 g/mol. The predicted octanol–water partition coefficient (Wildman–Crippen LogP) is 4.21. The van der Waals surface area contributed by atoms with Gasteiger partial charge in [0, 0.05) is 11.5 Å². The van der Waals surface area contributed by atoms with E-state index in [1.807, 2.05) is 6.92 Å². The minimum Gasteiger partial charge on any atom is -0.440 e. The minimum absolute atomic E-state index is 0.292. The number of alkyl halides is 3. The molecule has 1 N–H and O–H groups in total. The van der Waals surface area contributed by atoms with Gasteiger partial charge in [-0.3, -0.25) is 0 Å². The first-order valence-electron chi connectivity index (χ1n) is 7.65. The van der Waals surface area contributed by atoms with Crippen molar-refractivity contribution in [3.8, 4) is 28.6 Å². The van der Waals surface area contributed by atoms with Crippen LogP contribution in [0.4, 0.5) is 13.2 Å². The van der Waals surface area contributed by atoms with Crippen molar-refractivity contribution >= 4 is 0 Å². The highest BCUT2D eigenvalue weighted by Gasteiger charge is 2.34. The molecule has 1 saturated carbocycles. The first-order valence-corrected chi connectivity index (χ1v) is 7.65. The molecule has 0 atom stereocenters. The Morgan fingerprint density at radius 3 is 2.40 bits per heavy atom. The van der Waals surface area contributed by atoms with Crippen LogP contribution < -0.4 is 4.74 Å². The Kier molecular flexibility index (Phi) is 3.52. The van der Waals surface area contributed by atoms with Gasteiger partial charge >= 0.3 is 6.36 Å². The Labute approximate surface area is 140 Å². The molecule has 9 heteroatoms. The molecule has 3 aromatic rings. The van der Waals surface area contributed by atoms with Crippen LogP contribution >= 0.6 is 0 Å². The van der Waals surface area contributed by atoms with Crippen LogP contribution in [-0.4, -0.2) is 26.8 Å². The van der Waals surface area contributed by atoms with Gasteiger partial charge in [-0.25, -0.2) is 4.98 Å². The summed E-state index contributed by atoms with van der Waals surface area (Å²) in [6.45, 7) is 1.81. The Bertz CT molecular complexity index is 895. The molecule has 1 aliphatic rings. The lowest BCUT2D eigenvalue weighted by Crippen LogP contribution is -2.16. The van der Waals surface area contributed by atoms with Crippen molar-refractivity contribution in [3.05, 3.63) is 35.7 Å². The van der Waals surface area contributed by atoms with Crippen molar-refractivity contribution in [2.24, 2.45) is 0 Å². The van der Waals surface area contributed by atoms with Gasteiger partial charge in [-0.15, -0.1) is 13.2 Å². The third-order valence-electron chi connectivity index (χ3n) is 3.88. The van der Waals surface area contributed by atoms with Crippen molar-refractivity contribution in [3.63, 3.8) is 0 Å². The van der Waals surface area contributed by atoms with Gasteiger partial charge in [0.05, 0.1) is 5.69 Å². The molecule has 25 heavy (non-hydrogen) atoms. The quantitative estimate of drug-likeness (QED) is 0.763. The molecule has 2 aromatic heterocycles. The number of aromatic nitrogens is 4. The molecule has 0 amide bonds. The number of benzene rings is 1. The summed E-state index contributed by atoms with van der Waals surface area (Å²) < 4.78 is 46.5. The van der Waals surface area contributed by atoms with Gasteiger partial charge in [0.25, 0.3) is 0 Å². The largest absolute Gasteiger partial charge is 0.573 e. The van der Waals surface area contributed by atoms with Crippen molar-refractivity contribution in [2.75, 3.05) is 0 Å². The van der Waals surface area contributed by atoms with Crippen molar-refractivity contribution in [1.29, 1.82) is 0 Å². The first kappa shape index (κ1) is 15.7. The predicted molar refractivity (Wildman–Crippen MR) is 80.7 cm³/mol. The van der Waals surface area contributed by atoms with E-state index in [1.54, 1.807) is 0 Å². The fourth-order valence-electron chi connectivity index (χ4n) is 2.55. The van der Waals surface area contributed by atoms with Crippen LogP contribution in [0, 0.1) is 6.92 Å². The number of halogens is 3. The van der Waals surface area contributed by atoms with Crippen molar-refractivity contribution in [2.45, 2.75) is 32.0 Å². The molecule has 2 heterocycles. The topological polar surface area (TPSA) is 76.8 Å². The molecule has 130 valence electrons. The van der Waals surface area contributed by atoms with Gasteiger partial charge in [0.15, 0.2) is 0 Å². The number of rotatable bonds is 4. The maximum atomic E-state index is 12.2. The number of H-pyrrole nitrogens is 1. The molecule has 1 aliphatic carbocycles. The highest BCUT2D eigenvalue weighted by molar-refractivity contribution is 5.65. The number of aromatic amines is 1. The van der Waals surface area contributed by atoms with Gasteiger partial charge < -0.3 is 9.15 Å². The molecule has 1 fully saturated rings. The maximum absolute atomic E-state index is 12.2. The van der Waals surface area contributed by atoms with E-state index >= 15 is 0 Å². The zero-order valence-electron chi connectivity index (χ0n) is 13.1. The van der Waals surface area contributed by atoms with Crippen LogP contribution in [0.1, 0.15) is 30.2 Å². The summed E-state index contributed by atoms with van der Waals surface area (Å²) in [7, 11) is 0. The second kappa shape index (κ2) is 5.61. The number of nitrogens with zero attached hydrogens (tertiary/aromatic N) is 3. The van der Waals surface area contributed by atoms with E-state index in [0.717, 1.165) is 18.6 Å². The van der Waals surface area contributed by atoms with Gasteiger partial charge in [-0.1, -0.05) is 0 Å². The lowest BCUT2D eigenvalue weighted by Gasteiger charge is -2.08. The third-order valence-corrected chi connectivity index (χ3v) is 3.88. The molecule has 0 bridgehead atoms. The van der Waals surface area contributed by atoms with Gasteiger partial charge in [-0.05, 0) is 44.0 Å². The van der Waals surface area contributed by atoms with Gasteiger partial charge in [-0.2, -0.15) is 15.4 Å². The number of nitrogens with one attached hydrogen (secondary N) is 1. The molecule has 0 radical (unpaired) electrons. The Balaban J connectivity index is 1.68. The molecule has 0 saturated heterocycles. The summed E-state index contributed by atoms with van der Waals surface area (Å²) in [5.74, 6) is 1.07. The number of ether oxygens (including phenoxy) is 1. The summed E-state index contributed by atoms with van der Waals surface area (Å²) in [5, 5.41) is 10.7. The smallest absolute Gasteiger partial charge is 0.440 e. The molecule has 0 unspecified atom stereocenters. The van der Waals surface area contributed by atoms with E-state index in [1.165, 1.54) is 24.3 Å². The third kappa shape index (κ3) is 3.21. The summed E-state index contributed by atoms with van der Waals surface area (Å²) in [6, 6.07) is 5.40. The zero-order chi connectivity index (χ0) is 17.6. The Hall–Kier alpha value is -2.84. The van der Waals surface area contributed by atoms with E-state index < -0.39 is 6.36 Å². The van der Waals surface area contributed by atoms with Crippen LogP contribution in [0.5, 0.6) is 5.75 Å². The Morgan fingerprint density at radius 1 is 1.12 bits per heavy atom. The van der Waals surface area contributed by atoms with E-state index in [9.17, 15) is 13.2 Å². The molecule has 4 rings (SSSR count). The number of oxazole rings is 1. The lowest BCUT2D eigenvalue weighted by molar-refractivity contribution is -0.274. The van der Waals surface area contributed by atoms with Gasteiger partial charge in [0.2, 0.25) is 5.89 Å². The van der Waals surface area contributed by atoms with Crippen LogP contribution in [-0.2, 0) is 0 Å². The van der Waals surface area contributed by atoms with Crippen LogP contribution in [0.2, 0.25) is 0 Å². The highest BCUT2D eigenvalue weighted by atomic mass is 19.4. The summed E-state index contributed by atoms with van der Waals surface area (Å²) in [4.78, 5) is 4.50. The fraction of sp³-hybridized carbons (Fsp3) is 0.312. The highest BCUT2D eigenvalue weighted by Crippen LogP contribution is 2.46. The molecule has 0 spiro atoms. The standard InChI is InChI=1S/C16H13F3N4O2/c1-8-12(22-23-21-8)13-14(9-2-3-9)24-15(20-13)10-4-6-11(7-5-10)25-16(17,18)19/h4-7,9H,2-3H2,1H3,(H,21,22,23).